The summed E-state index contributed by atoms with van der Waals surface area (Å²) < 4.78 is 33.1. The minimum absolute atomic E-state index is 0.000440. The first-order valence-electron chi connectivity index (χ1n) is 11.0. The van der Waals surface area contributed by atoms with Crippen molar-refractivity contribution < 1.29 is 17.9 Å². The van der Waals surface area contributed by atoms with Gasteiger partial charge in [-0.2, -0.15) is 4.31 Å². The molecule has 0 aliphatic carbocycles. The zero-order valence-corrected chi connectivity index (χ0v) is 19.1. The van der Waals surface area contributed by atoms with Crippen LogP contribution >= 0.6 is 0 Å². The van der Waals surface area contributed by atoms with E-state index in [9.17, 15) is 13.2 Å². The molecule has 2 aromatic rings. The van der Waals surface area contributed by atoms with E-state index in [0.717, 1.165) is 53.8 Å². The Bertz CT molecular complexity index is 1050. The van der Waals surface area contributed by atoms with Gasteiger partial charge in [-0.05, 0) is 86.6 Å². The maximum atomic E-state index is 12.9. The lowest BCUT2D eigenvalue weighted by atomic mass is 10.0. The largest absolute Gasteiger partial charge is 0.493 e. The quantitative estimate of drug-likeness (QED) is 0.682. The summed E-state index contributed by atoms with van der Waals surface area (Å²) in [5.74, 6) is 0.779. The smallest absolute Gasteiger partial charge is 0.243 e. The number of hydrogen-bond acceptors (Lipinski definition) is 4. The summed E-state index contributed by atoms with van der Waals surface area (Å²) in [5.41, 5.74) is 4.01. The number of nitrogens with zero attached hydrogens (tertiary/aromatic N) is 2. The highest BCUT2D eigenvalue weighted by molar-refractivity contribution is 7.89. The second kappa shape index (κ2) is 9.01. The van der Waals surface area contributed by atoms with Crippen molar-refractivity contribution in [2.45, 2.75) is 50.8 Å². The van der Waals surface area contributed by atoms with E-state index in [2.05, 4.69) is 6.07 Å². The average molecular weight is 443 g/mol. The molecule has 7 heteroatoms. The van der Waals surface area contributed by atoms with Crippen molar-refractivity contribution in [2.75, 3.05) is 31.1 Å². The molecule has 2 aliphatic rings. The number of benzene rings is 2. The summed E-state index contributed by atoms with van der Waals surface area (Å²) in [5, 5.41) is 0. The van der Waals surface area contributed by atoms with Crippen molar-refractivity contribution in [1.82, 2.24) is 4.31 Å². The lowest BCUT2D eigenvalue weighted by molar-refractivity contribution is -0.119. The fraction of sp³-hybridized carbons (Fsp3) is 0.458. The van der Waals surface area contributed by atoms with Gasteiger partial charge in [0, 0.05) is 25.3 Å². The number of hydrogen-bond donors (Lipinski definition) is 0. The standard InChI is InChI=1S/C24H30N2O4S/c1-18-14-19(2)16-21(15-18)30-13-9-24(27)26-12-5-6-20-17-22(7-8-23(20)26)31(28,29)25-10-3-4-11-25/h7-8,14-17H,3-6,9-13H2,1-2H3. The molecule has 1 amide bonds. The van der Waals surface area contributed by atoms with Crippen LogP contribution in [-0.2, 0) is 21.2 Å². The van der Waals surface area contributed by atoms with Crippen LogP contribution in [0.4, 0.5) is 5.69 Å². The Morgan fingerprint density at radius 2 is 1.68 bits per heavy atom. The Balaban J connectivity index is 1.44. The highest BCUT2D eigenvalue weighted by atomic mass is 32.2. The van der Waals surface area contributed by atoms with Crippen LogP contribution < -0.4 is 9.64 Å². The van der Waals surface area contributed by atoms with Crippen LogP contribution in [0.1, 0.15) is 42.4 Å². The fourth-order valence-electron chi connectivity index (χ4n) is 4.48. The van der Waals surface area contributed by atoms with E-state index in [4.69, 9.17) is 4.74 Å². The van der Waals surface area contributed by atoms with E-state index in [0.29, 0.717) is 31.1 Å². The van der Waals surface area contributed by atoms with Crippen LogP contribution in [0.3, 0.4) is 0 Å². The highest BCUT2D eigenvalue weighted by Crippen LogP contribution is 2.31. The van der Waals surface area contributed by atoms with Gasteiger partial charge in [0.25, 0.3) is 0 Å². The van der Waals surface area contributed by atoms with Gasteiger partial charge in [-0.25, -0.2) is 8.42 Å². The van der Waals surface area contributed by atoms with E-state index in [1.807, 2.05) is 26.0 Å². The molecule has 0 unspecified atom stereocenters. The van der Waals surface area contributed by atoms with Crippen molar-refractivity contribution in [3.8, 4) is 5.75 Å². The number of carbonyl (C=O) groups excluding carboxylic acids is 1. The molecule has 0 spiro atoms. The maximum Gasteiger partial charge on any atom is 0.243 e. The summed E-state index contributed by atoms with van der Waals surface area (Å²) in [6.45, 7) is 6.18. The molecule has 0 saturated carbocycles. The molecular weight excluding hydrogens is 412 g/mol. The predicted octanol–water partition coefficient (Wildman–Crippen LogP) is 3.84. The van der Waals surface area contributed by atoms with Crippen LogP contribution in [0.15, 0.2) is 41.3 Å². The number of ether oxygens (including phenoxy) is 1. The summed E-state index contributed by atoms with van der Waals surface area (Å²) in [7, 11) is -3.45. The Morgan fingerprint density at radius 1 is 0.968 bits per heavy atom. The van der Waals surface area contributed by atoms with Gasteiger partial charge in [0.05, 0.1) is 17.9 Å². The maximum absolute atomic E-state index is 12.9. The topological polar surface area (TPSA) is 66.9 Å². The van der Waals surface area contributed by atoms with Gasteiger partial charge in [-0.15, -0.1) is 0 Å². The van der Waals surface area contributed by atoms with Crippen molar-refractivity contribution in [3.63, 3.8) is 0 Å². The minimum Gasteiger partial charge on any atom is -0.493 e. The lowest BCUT2D eigenvalue weighted by Crippen LogP contribution is -2.36. The molecule has 31 heavy (non-hydrogen) atoms. The van der Waals surface area contributed by atoms with Crippen molar-refractivity contribution in [3.05, 3.63) is 53.1 Å². The molecular formula is C24H30N2O4S. The number of aryl methyl sites for hydroxylation is 3. The normalized spacial score (nSPS) is 16.9. The summed E-state index contributed by atoms with van der Waals surface area (Å²) in [6, 6.07) is 11.2. The molecule has 2 heterocycles. The van der Waals surface area contributed by atoms with Gasteiger partial charge >= 0.3 is 0 Å². The van der Waals surface area contributed by atoms with Crippen LogP contribution in [-0.4, -0.2) is 44.9 Å². The van der Waals surface area contributed by atoms with Gasteiger partial charge in [0.2, 0.25) is 15.9 Å². The average Bonchev–Trinajstić information content (AvgIpc) is 3.28. The minimum atomic E-state index is -3.45. The number of anilines is 1. The molecule has 2 aromatic carbocycles. The van der Waals surface area contributed by atoms with Gasteiger partial charge in [0.1, 0.15) is 5.75 Å². The molecule has 2 aliphatic heterocycles. The van der Waals surface area contributed by atoms with Crippen molar-refractivity contribution >= 4 is 21.6 Å². The summed E-state index contributed by atoms with van der Waals surface area (Å²) >= 11 is 0. The van der Waals surface area contributed by atoms with Crippen molar-refractivity contribution in [1.29, 1.82) is 0 Å². The Labute approximate surface area is 184 Å². The summed E-state index contributed by atoms with van der Waals surface area (Å²) in [4.78, 5) is 15.0. The van der Waals surface area contributed by atoms with Crippen LogP contribution in [0.25, 0.3) is 0 Å². The van der Waals surface area contributed by atoms with Gasteiger partial charge in [-0.1, -0.05) is 6.07 Å². The predicted molar refractivity (Wildman–Crippen MR) is 121 cm³/mol. The van der Waals surface area contributed by atoms with E-state index in [-0.39, 0.29) is 12.3 Å². The number of rotatable bonds is 6. The molecule has 0 N–H and O–H groups in total. The Hall–Kier alpha value is -2.38. The van der Waals surface area contributed by atoms with E-state index >= 15 is 0 Å². The van der Waals surface area contributed by atoms with Gasteiger partial charge in [-0.3, -0.25) is 4.79 Å². The van der Waals surface area contributed by atoms with E-state index < -0.39 is 10.0 Å². The Kier molecular flexibility index (Phi) is 6.34. The van der Waals surface area contributed by atoms with Crippen molar-refractivity contribution in [2.24, 2.45) is 0 Å². The number of amides is 1. The van der Waals surface area contributed by atoms with E-state index in [1.165, 1.54) is 0 Å². The monoisotopic (exact) mass is 442 g/mol. The molecule has 0 atom stereocenters. The number of carbonyl (C=O) groups is 1. The number of fused-ring (bicyclic) bond motifs is 1. The van der Waals surface area contributed by atoms with Gasteiger partial charge < -0.3 is 9.64 Å². The SMILES string of the molecule is Cc1cc(C)cc(OCCC(=O)N2CCCc3cc(S(=O)(=O)N4CCCC4)ccc32)c1. The molecule has 0 bridgehead atoms. The summed E-state index contributed by atoms with van der Waals surface area (Å²) in [6.07, 6.45) is 3.71. The van der Waals surface area contributed by atoms with E-state index in [1.54, 1.807) is 27.4 Å². The third kappa shape index (κ3) is 4.77. The molecule has 1 saturated heterocycles. The first-order chi connectivity index (χ1) is 14.8. The highest BCUT2D eigenvalue weighted by Gasteiger charge is 2.29. The molecule has 0 aromatic heterocycles. The van der Waals surface area contributed by atoms with Crippen LogP contribution in [0.2, 0.25) is 0 Å². The Morgan fingerprint density at radius 3 is 2.39 bits per heavy atom. The third-order valence-corrected chi connectivity index (χ3v) is 7.85. The first-order valence-corrected chi connectivity index (χ1v) is 12.4. The molecule has 4 rings (SSSR count). The van der Waals surface area contributed by atoms with Crippen LogP contribution in [0, 0.1) is 13.8 Å². The fourth-order valence-corrected chi connectivity index (χ4v) is 6.05. The first kappa shape index (κ1) is 21.8. The lowest BCUT2D eigenvalue weighted by Gasteiger charge is -2.30. The second-order valence-corrected chi connectivity index (χ2v) is 10.4. The zero-order chi connectivity index (χ0) is 22.0. The second-order valence-electron chi connectivity index (χ2n) is 8.47. The molecule has 6 nitrogen and oxygen atoms in total. The zero-order valence-electron chi connectivity index (χ0n) is 18.3. The van der Waals surface area contributed by atoms with Gasteiger partial charge in [0.15, 0.2) is 0 Å². The third-order valence-electron chi connectivity index (χ3n) is 5.95. The molecule has 1 fully saturated rings. The number of sulfonamides is 1. The van der Waals surface area contributed by atoms with Crippen LogP contribution in [0.5, 0.6) is 5.75 Å². The molecule has 0 radical (unpaired) electrons. The molecule has 166 valence electrons.